The first-order chi connectivity index (χ1) is 8.27. The highest BCUT2D eigenvalue weighted by atomic mass is 32.2. The predicted molar refractivity (Wildman–Crippen MR) is 70.1 cm³/mol. The molecule has 0 radical (unpaired) electrons. The van der Waals surface area contributed by atoms with Crippen molar-refractivity contribution in [1.82, 2.24) is 4.98 Å². The highest BCUT2D eigenvalue weighted by Crippen LogP contribution is 2.16. The predicted octanol–water partition coefficient (Wildman–Crippen LogP) is 2.01. The Bertz CT molecular complexity index is 514. The van der Waals surface area contributed by atoms with Crippen molar-refractivity contribution in [2.45, 2.75) is 11.3 Å². The number of nitrogen functional groups attached to an aromatic ring is 1. The topological polar surface area (TPSA) is 56.0 Å². The average molecular weight is 246 g/mol. The van der Waals surface area contributed by atoms with Crippen molar-refractivity contribution in [2.24, 2.45) is 0 Å². The van der Waals surface area contributed by atoms with Gasteiger partial charge in [-0.05, 0) is 24.3 Å². The van der Waals surface area contributed by atoms with Crippen molar-refractivity contribution in [3.8, 4) is 0 Å². The van der Waals surface area contributed by atoms with E-state index >= 15 is 0 Å². The van der Waals surface area contributed by atoms with Gasteiger partial charge in [-0.25, -0.2) is 0 Å². The first kappa shape index (κ1) is 11.8. The number of hydrogen-bond acceptors (Lipinski definition) is 3. The fraction of sp³-hybridized carbons (Fsp3) is 0.154. The average Bonchev–Trinajstić information content (AvgIpc) is 2.38. The molecule has 0 saturated carbocycles. The summed E-state index contributed by atoms with van der Waals surface area (Å²) in [7, 11) is -1.06. The molecule has 1 aromatic carbocycles. The van der Waals surface area contributed by atoms with Crippen LogP contribution in [0.4, 0.5) is 5.69 Å². The second kappa shape index (κ2) is 5.59. The molecule has 0 fully saturated rings. The molecule has 1 unspecified atom stereocenters. The summed E-state index contributed by atoms with van der Waals surface area (Å²) >= 11 is 0. The summed E-state index contributed by atoms with van der Waals surface area (Å²) in [5.74, 6) is 0.547. The highest BCUT2D eigenvalue weighted by molar-refractivity contribution is 7.85. The molecule has 0 bridgehead atoms. The molecule has 3 nitrogen and oxygen atoms in total. The van der Waals surface area contributed by atoms with Gasteiger partial charge in [0.1, 0.15) is 0 Å². The second-order valence-electron chi connectivity index (χ2n) is 3.66. The van der Waals surface area contributed by atoms with E-state index in [0.29, 0.717) is 22.8 Å². The third kappa shape index (κ3) is 3.14. The summed E-state index contributed by atoms with van der Waals surface area (Å²) in [6.45, 7) is 0. The summed E-state index contributed by atoms with van der Waals surface area (Å²) in [4.78, 5) is 4.91. The van der Waals surface area contributed by atoms with E-state index in [4.69, 9.17) is 5.73 Å². The van der Waals surface area contributed by atoms with Crippen molar-refractivity contribution in [3.63, 3.8) is 0 Å². The van der Waals surface area contributed by atoms with Gasteiger partial charge in [0.25, 0.3) is 0 Å². The number of nitrogens with zero attached hydrogens (tertiary/aromatic N) is 1. The fourth-order valence-corrected chi connectivity index (χ4v) is 2.72. The minimum absolute atomic E-state index is 0.547. The third-order valence-electron chi connectivity index (χ3n) is 2.43. The Balaban J connectivity index is 2.01. The highest BCUT2D eigenvalue weighted by Gasteiger charge is 2.07. The molecule has 1 atom stereocenters. The molecule has 0 spiro atoms. The molecule has 1 aromatic heterocycles. The zero-order valence-electron chi connectivity index (χ0n) is 9.37. The molecule has 4 heteroatoms. The first-order valence-corrected chi connectivity index (χ1v) is 6.72. The first-order valence-electron chi connectivity index (χ1n) is 5.40. The molecule has 88 valence electrons. The smallest absolute Gasteiger partial charge is 0.0617 e. The zero-order valence-corrected chi connectivity index (χ0v) is 10.2. The number of aryl methyl sites for hydroxylation is 1. The Kier molecular flexibility index (Phi) is 3.88. The quantitative estimate of drug-likeness (QED) is 0.840. The maximum atomic E-state index is 12.0. The van der Waals surface area contributed by atoms with Crippen LogP contribution < -0.4 is 5.73 Å². The maximum Gasteiger partial charge on any atom is 0.0617 e. The van der Waals surface area contributed by atoms with Gasteiger partial charge in [0.05, 0.1) is 15.7 Å². The van der Waals surface area contributed by atoms with E-state index in [9.17, 15) is 4.21 Å². The number of anilines is 1. The molecule has 0 aliphatic heterocycles. The molecular weight excluding hydrogens is 232 g/mol. The van der Waals surface area contributed by atoms with Gasteiger partial charge in [0, 0.05) is 29.8 Å². The van der Waals surface area contributed by atoms with E-state index in [1.54, 1.807) is 12.3 Å². The van der Waals surface area contributed by atoms with Gasteiger partial charge in [0.15, 0.2) is 0 Å². The lowest BCUT2D eigenvalue weighted by molar-refractivity contribution is 0.682. The second-order valence-corrected chi connectivity index (χ2v) is 5.20. The molecule has 2 aromatic rings. The van der Waals surface area contributed by atoms with Crippen LogP contribution in [0.5, 0.6) is 0 Å². The molecule has 0 aliphatic carbocycles. The molecule has 0 saturated heterocycles. The van der Waals surface area contributed by atoms with Gasteiger partial charge in [-0.3, -0.25) is 9.19 Å². The standard InChI is InChI=1S/C13H14N2OS/c14-12-6-1-2-7-13(12)17(16)10-8-11-5-3-4-9-15-11/h1-7,9H,8,10,14H2. The molecule has 2 rings (SSSR count). The summed E-state index contributed by atoms with van der Waals surface area (Å²) in [6.07, 6.45) is 2.44. The van der Waals surface area contributed by atoms with Gasteiger partial charge < -0.3 is 5.73 Å². The number of nitrogens with two attached hydrogens (primary N) is 1. The molecule has 17 heavy (non-hydrogen) atoms. The lowest BCUT2D eigenvalue weighted by Crippen LogP contribution is -2.05. The fourth-order valence-electron chi connectivity index (χ4n) is 1.54. The van der Waals surface area contributed by atoms with Crippen molar-refractivity contribution < 1.29 is 4.21 Å². The van der Waals surface area contributed by atoms with Crippen LogP contribution in [-0.2, 0) is 17.2 Å². The van der Waals surface area contributed by atoms with Crippen LogP contribution in [0.2, 0.25) is 0 Å². The molecule has 0 amide bonds. The number of rotatable bonds is 4. The van der Waals surface area contributed by atoms with Gasteiger partial charge >= 0.3 is 0 Å². The Morgan fingerprint density at radius 1 is 1.12 bits per heavy atom. The van der Waals surface area contributed by atoms with Crippen molar-refractivity contribution in [2.75, 3.05) is 11.5 Å². The summed E-state index contributed by atoms with van der Waals surface area (Å²) in [5, 5.41) is 0. The number of aromatic nitrogens is 1. The molecule has 0 aliphatic rings. The minimum atomic E-state index is -1.06. The summed E-state index contributed by atoms with van der Waals surface area (Å²) < 4.78 is 12.0. The Labute approximate surface area is 103 Å². The van der Waals surface area contributed by atoms with E-state index in [2.05, 4.69) is 4.98 Å². The number of benzene rings is 1. The monoisotopic (exact) mass is 246 g/mol. The van der Waals surface area contributed by atoms with E-state index in [1.165, 1.54) is 0 Å². The van der Waals surface area contributed by atoms with Crippen LogP contribution in [0.25, 0.3) is 0 Å². The molecule has 1 heterocycles. The lowest BCUT2D eigenvalue weighted by Gasteiger charge is -2.05. The van der Waals surface area contributed by atoms with Crippen LogP contribution in [-0.4, -0.2) is 14.9 Å². The third-order valence-corrected chi connectivity index (χ3v) is 3.87. The van der Waals surface area contributed by atoms with Gasteiger partial charge in [-0.1, -0.05) is 18.2 Å². The van der Waals surface area contributed by atoms with E-state index in [1.807, 2.05) is 36.4 Å². The van der Waals surface area contributed by atoms with E-state index in [0.717, 1.165) is 5.69 Å². The van der Waals surface area contributed by atoms with Gasteiger partial charge in [-0.2, -0.15) is 0 Å². The zero-order chi connectivity index (χ0) is 12.1. The Morgan fingerprint density at radius 3 is 2.59 bits per heavy atom. The van der Waals surface area contributed by atoms with Crippen LogP contribution in [0.1, 0.15) is 5.69 Å². The minimum Gasteiger partial charge on any atom is -0.398 e. The van der Waals surface area contributed by atoms with Crippen LogP contribution in [0, 0.1) is 0 Å². The number of para-hydroxylation sites is 1. The van der Waals surface area contributed by atoms with Crippen LogP contribution in [0.15, 0.2) is 53.6 Å². The van der Waals surface area contributed by atoms with E-state index < -0.39 is 10.8 Å². The SMILES string of the molecule is Nc1ccccc1S(=O)CCc1ccccn1. The maximum absolute atomic E-state index is 12.0. The van der Waals surface area contributed by atoms with Crippen LogP contribution >= 0.6 is 0 Å². The molecular formula is C13H14N2OS. The van der Waals surface area contributed by atoms with Gasteiger partial charge in [0.2, 0.25) is 0 Å². The lowest BCUT2D eigenvalue weighted by atomic mass is 10.3. The molecule has 2 N–H and O–H groups in total. The number of pyridine rings is 1. The van der Waals surface area contributed by atoms with Crippen molar-refractivity contribution in [1.29, 1.82) is 0 Å². The van der Waals surface area contributed by atoms with Gasteiger partial charge in [-0.15, -0.1) is 0 Å². The Hall–Kier alpha value is -1.68. The summed E-state index contributed by atoms with van der Waals surface area (Å²) in [5.41, 5.74) is 7.33. The van der Waals surface area contributed by atoms with Crippen molar-refractivity contribution >= 4 is 16.5 Å². The Morgan fingerprint density at radius 2 is 1.88 bits per heavy atom. The van der Waals surface area contributed by atoms with Crippen LogP contribution in [0.3, 0.4) is 0 Å². The number of hydrogen-bond donors (Lipinski definition) is 1. The largest absolute Gasteiger partial charge is 0.398 e. The summed E-state index contributed by atoms with van der Waals surface area (Å²) in [6, 6.07) is 13.0. The van der Waals surface area contributed by atoms with Crippen molar-refractivity contribution in [3.05, 3.63) is 54.4 Å². The van der Waals surface area contributed by atoms with E-state index in [-0.39, 0.29) is 0 Å². The normalized spacial score (nSPS) is 12.2.